The van der Waals surface area contributed by atoms with Gasteiger partial charge >= 0.3 is 11.4 Å². The second-order valence-corrected chi connectivity index (χ2v) is 4.76. The van der Waals surface area contributed by atoms with Crippen LogP contribution in [0.3, 0.4) is 0 Å². The molecule has 22 heavy (non-hydrogen) atoms. The number of aryl methyl sites for hydroxylation is 1. The summed E-state index contributed by atoms with van der Waals surface area (Å²) < 4.78 is 0. The largest absolute Gasteiger partial charge is 0.502 e. The van der Waals surface area contributed by atoms with E-state index in [-0.39, 0.29) is 12.0 Å². The molecule has 0 amide bonds. The van der Waals surface area contributed by atoms with Crippen molar-refractivity contribution < 1.29 is 20.1 Å². The summed E-state index contributed by atoms with van der Waals surface area (Å²) >= 11 is 0. The highest BCUT2D eigenvalue weighted by molar-refractivity contribution is 5.56. The highest BCUT2D eigenvalue weighted by Gasteiger charge is 2.20. The van der Waals surface area contributed by atoms with Gasteiger partial charge in [0.2, 0.25) is 0 Å². The maximum absolute atomic E-state index is 10.9. The van der Waals surface area contributed by atoms with E-state index in [1.807, 2.05) is 0 Å². The second-order valence-electron chi connectivity index (χ2n) is 4.76. The molecule has 0 fully saturated rings. The second kappa shape index (κ2) is 5.68. The summed E-state index contributed by atoms with van der Waals surface area (Å²) in [5.74, 6) is -0.891. The minimum atomic E-state index is -0.709. The van der Waals surface area contributed by atoms with E-state index in [4.69, 9.17) is 0 Å². The number of nitro groups is 2. The SMILES string of the molecule is Cc1cc(Cc2cccc([N+](=O)[O-])c2O)cc([N+](=O)[O-])c1O. The van der Waals surface area contributed by atoms with Crippen LogP contribution >= 0.6 is 0 Å². The molecule has 2 rings (SSSR count). The van der Waals surface area contributed by atoms with Gasteiger partial charge in [-0.05, 0) is 18.1 Å². The van der Waals surface area contributed by atoms with Gasteiger partial charge in [0.15, 0.2) is 11.5 Å². The lowest BCUT2D eigenvalue weighted by atomic mass is 10.0. The molecule has 0 aliphatic carbocycles. The highest BCUT2D eigenvalue weighted by atomic mass is 16.6. The number of nitrogens with zero attached hydrogens (tertiary/aromatic N) is 2. The molecule has 0 radical (unpaired) electrons. The molecule has 8 heteroatoms. The number of para-hydroxylation sites is 1. The Balaban J connectivity index is 2.46. The smallest absolute Gasteiger partial charge is 0.311 e. The average molecular weight is 304 g/mol. The van der Waals surface area contributed by atoms with Crippen molar-refractivity contribution in [2.75, 3.05) is 0 Å². The van der Waals surface area contributed by atoms with Gasteiger partial charge in [-0.2, -0.15) is 0 Å². The Hall–Kier alpha value is -3.16. The molecule has 0 atom stereocenters. The minimum absolute atomic E-state index is 0.0650. The number of hydrogen-bond acceptors (Lipinski definition) is 6. The van der Waals surface area contributed by atoms with Gasteiger partial charge < -0.3 is 10.2 Å². The first-order chi connectivity index (χ1) is 10.3. The Kier molecular flexibility index (Phi) is 3.93. The Bertz CT molecular complexity index is 772. The van der Waals surface area contributed by atoms with E-state index in [9.17, 15) is 30.4 Å². The molecule has 0 heterocycles. The fourth-order valence-corrected chi connectivity index (χ4v) is 2.16. The van der Waals surface area contributed by atoms with Crippen LogP contribution in [0.1, 0.15) is 16.7 Å². The molecule has 0 aromatic heterocycles. The van der Waals surface area contributed by atoms with Crippen LogP contribution < -0.4 is 0 Å². The maximum Gasteiger partial charge on any atom is 0.311 e. The molecule has 0 spiro atoms. The molecular weight excluding hydrogens is 292 g/mol. The van der Waals surface area contributed by atoms with Crippen LogP contribution in [0.2, 0.25) is 0 Å². The quantitative estimate of drug-likeness (QED) is 0.660. The van der Waals surface area contributed by atoms with Crippen molar-refractivity contribution in [3.63, 3.8) is 0 Å². The Morgan fingerprint density at radius 2 is 1.64 bits per heavy atom. The Morgan fingerprint density at radius 1 is 1.00 bits per heavy atom. The van der Waals surface area contributed by atoms with Crippen LogP contribution in [-0.2, 0) is 6.42 Å². The zero-order valence-electron chi connectivity index (χ0n) is 11.5. The number of phenols is 2. The molecule has 0 saturated carbocycles. The number of aromatic hydroxyl groups is 2. The Labute approximate surface area is 124 Å². The molecule has 0 aliphatic heterocycles. The molecule has 0 unspecified atom stereocenters. The van der Waals surface area contributed by atoms with Crippen molar-refractivity contribution in [3.8, 4) is 11.5 Å². The van der Waals surface area contributed by atoms with Gasteiger partial charge in [-0.3, -0.25) is 20.2 Å². The molecule has 2 N–H and O–H groups in total. The third-order valence-electron chi connectivity index (χ3n) is 3.23. The fourth-order valence-electron chi connectivity index (χ4n) is 2.16. The van der Waals surface area contributed by atoms with Crippen LogP contribution in [0.15, 0.2) is 30.3 Å². The van der Waals surface area contributed by atoms with E-state index < -0.39 is 32.7 Å². The van der Waals surface area contributed by atoms with Crippen LogP contribution in [-0.4, -0.2) is 20.1 Å². The molecule has 0 bridgehead atoms. The molecule has 114 valence electrons. The van der Waals surface area contributed by atoms with Gasteiger partial charge in [0.1, 0.15) is 0 Å². The Morgan fingerprint density at radius 3 is 2.23 bits per heavy atom. The lowest BCUT2D eigenvalue weighted by Gasteiger charge is -2.07. The first-order valence-corrected chi connectivity index (χ1v) is 6.23. The molecule has 0 saturated heterocycles. The van der Waals surface area contributed by atoms with Crippen LogP contribution in [0.25, 0.3) is 0 Å². The van der Waals surface area contributed by atoms with E-state index >= 15 is 0 Å². The first kappa shape index (κ1) is 15.2. The summed E-state index contributed by atoms with van der Waals surface area (Å²) in [5.41, 5.74) is 0.169. The van der Waals surface area contributed by atoms with Gasteiger partial charge in [-0.25, -0.2) is 0 Å². The van der Waals surface area contributed by atoms with Crippen LogP contribution in [0.5, 0.6) is 11.5 Å². The summed E-state index contributed by atoms with van der Waals surface area (Å²) in [4.78, 5) is 20.3. The van der Waals surface area contributed by atoms with Crippen molar-refractivity contribution in [1.82, 2.24) is 0 Å². The maximum atomic E-state index is 10.9. The third kappa shape index (κ3) is 2.80. The topological polar surface area (TPSA) is 127 Å². The lowest BCUT2D eigenvalue weighted by molar-refractivity contribution is -0.386. The van der Waals surface area contributed by atoms with Gasteiger partial charge in [-0.15, -0.1) is 0 Å². The predicted octanol–water partition coefficient (Wildman–Crippen LogP) is 2.81. The number of nitro benzene ring substituents is 2. The van der Waals surface area contributed by atoms with Gasteiger partial charge in [0.25, 0.3) is 0 Å². The van der Waals surface area contributed by atoms with Crippen molar-refractivity contribution in [3.05, 3.63) is 67.3 Å². The summed E-state index contributed by atoms with van der Waals surface area (Å²) in [6.45, 7) is 1.51. The number of benzene rings is 2. The van der Waals surface area contributed by atoms with Gasteiger partial charge in [0.05, 0.1) is 9.85 Å². The number of hydrogen-bond donors (Lipinski definition) is 2. The zero-order chi connectivity index (χ0) is 16.4. The molecule has 2 aromatic carbocycles. The molecule has 0 aliphatic rings. The third-order valence-corrected chi connectivity index (χ3v) is 3.23. The van der Waals surface area contributed by atoms with Crippen LogP contribution in [0, 0.1) is 27.2 Å². The first-order valence-electron chi connectivity index (χ1n) is 6.23. The molecular formula is C14H12N2O6. The zero-order valence-corrected chi connectivity index (χ0v) is 11.5. The standard InChI is InChI=1S/C14H12N2O6/c1-8-5-9(7-12(13(8)17)16(21)22)6-10-3-2-4-11(14(10)18)15(19)20/h2-5,7,17-18H,6H2,1H3. The summed E-state index contributed by atoms with van der Waals surface area (Å²) in [6.07, 6.45) is 0.0650. The number of rotatable bonds is 4. The molecule has 8 nitrogen and oxygen atoms in total. The van der Waals surface area contributed by atoms with E-state index in [1.54, 1.807) is 0 Å². The van der Waals surface area contributed by atoms with E-state index in [0.29, 0.717) is 11.1 Å². The fraction of sp³-hybridized carbons (Fsp3) is 0.143. The minimum Gasteiger partial charge on any atom is -0.502 e. The summed E-state index contributed by atoms with van der Waals surface area (Å²) in [6, 6.07) is 6.80. The van der Waals surface area contributed by atoms with Crippen molar-refractivity contribution >= 4 is 11.4 Å². The normalized spacial score (nSPS) is 10.4. The average Bonchev–Trinajstić information content (AvgIpc) is 2.44. The predicted molar refractivity (Wildman–Crippen MR) is 77.1 cm³/mol. The van der Waals surface area contributed by atoms with Gasteiger partial charge in [-0.1, -0.05) is 18.2 Å². The van der Waals surface area contributed by atoms with Crippen molar-refractivity contribution in [1.29, 1.82) is 0 Å². The summed E-state index contributed by atoms with van der Waals surface area (Å²) in [5, 5.41) is 41.2. The van der Waals surface area contributed by atoms with E-state index in [1.165, 1.54) is 37.3 Å². The van der Waals surface area contributed by atoms with Crippen LogP contribution in [0.4, 0.5) is 11.4 Å². The monoisotopic (exact) mass is 304 g/mol. The van der Waals surface area contributed by atoms with Gasteiger partial charge in [0, 0.05) is 24.1 Å². The van der Waals surface area contributed by atoms with E-state index in [0.717, 1.165) is 0 Å². The summed E-state index contributed by atoms with van der Waals surface area (Å²) in [7, 11) is 0. The van der Waals surface area contributed by atoms with E-state index in [2.05, 4.69) is 0 Å². The highest BCUT2D eigenvalue weighted by Crippen LogP contribution is 2.34. The number of phenolic OH excluding ortho intramolecular Hbond substituents is 2. The van der Waals surface area contributed by atoms with Crippen molar-refractivity contribution in [2.24, 2.45) is 0 Å². The lowest BCUT2D eigenvalue weighted by Crippen LogP contribution is -1.97. The van der Waals surface area contributed by atoms with Crippen molar-refractivity contribution in [2.45, 2.75) is 13.3 Å². The molecule has 2 aromatic rings.